The van der Waals surface area contributed by atoms with Gasteiger partial charge in [0.25, 0.3) is 0 Å². The van der Waals surface area contributed by atoms with Crippen LogP contribution in [0.2, 0.25) is 0 Å². The number of carbonyl (C=O) groups is 2. The highest BCUT2D eigenvalue weighted by atomic mass is 16.5. The van der Waals surface area contributed by atoms with Crippen LogP contribution in [0.15, 0.2) is 0 Å². The van der Waals surface area contributed by atoms with Crippen LogP contribution in [0, 0.1) is 17.8 Å². The Morgan fingerprint density at radius 1 is 0.750 bits per heavy atom. The van der Waals surface area contributed by atoms with E-state index >= 15 is 0 Å². The molecule has 1 N–H and O–H groups in total. The van der Waals surface area contributed by atoms with Crippen molar-refractivity contribution >= 4 is 11.9 Å². The SMILES string of the molecule is CCCCCCCCCCC(OC(=O)C1CCCC(C(=O)O)C1)C(CCC)CCCCC. The predicted octanol–water partition coefficient (Wildman–Crippen LogP) is 8.32. The fourth-order valence-corrected chi connectivity index (χ4v) is 5.29. The van der Waals surface area contributed by atoms with Gasteiger partial charge < -0.3 is 9.84 Å². The molecule has 4 nitrogen and oxygen atoms in total. The van der Waals surface area contributed by atoms with Gasteiger partial charge in [-0.3, -0.25) is 9.59 Å². The van der Waals surface area contributed by atoms with Crippen LogP contribution in [0.4, 0.5) is 0 Å². The molecule has 1 aliphatic carbocycles. The summed E-state index contributed by atoms with van der Waals surface area (Å²) in [5.74, 6) is -1.07. The summed E-state index contributed by atoms with van der Waals surface area (Å²) in [6, 6.07) is 0. The molecule has 0 aromatic heterocycles. The number of carbonyl (C=O) groups excluding carboxylic acids is 1. The lowest BCUT2D eigenvalue weighted by atomic mass is 9.81. The Morgan fingerprint density at radius 2 is 1.31 bits per heavy atom. The summed E-state index contributed by atoms with van der Waals surface area (Å²) in [5, 5.41) is 9.38. The maximum absolute atomic E-state index is 13.0. The number of ether oxygens (including phenoxy) is 1. The van der Waals surface area contributed by atoms with E-state index in [1.165, 1.54) is 64.2 Å². The van der Waals surface area contributed by atoms with Crippen LogP contribution in [0.1, 0.15) is 143 Å². The zero-order chi connectivity index (χ0) is 23.6. The molecule has 1 saturated carbocycles. The molecule has 1 rings (SSSR count). The molecule has 0 bridgehead atoms. The van der Waals surface area contributed by atoms with Crippen LogP contribution in [0.25, 0.3) is 0 Å². The van der Waals surface area contributed by atoms with E-state index in [1.807, 2.05) is 0 Å². The van der Waals surface area contributed by atoms with Gasteiger partial charge in [0.15, 0.2) is 0 Å². The third-order valence-corrected chi connectivity index (χ3v) is 7.33. The van der Waals surface area contributed by atoms with Crippen molar-refractivity contribution in [2.24, 2.45) is 17.8 Å². The van der Waals surface area contributed by atoms with Crippen LogP contribution < -0.4 is 0 Å². The summed E-state index contributed by atoms with van der Waals surface area (Å²) in [6.07, 6.45) is 21.0. The van der Waals surface area contributed by atoms with E-state index in [4.69, 9.17) is 4.74 Å². The highest BCUT2D eigenvalue weighted by Gasteiger charge is 2.34. The normalized spacial score (nSPS) is 20.6. The lowest BCUT2D eigenvalue weighted by molar-refractivity contribution is -0.160. The first kappa shape index (κ1) is 29.0. The topological polar surface area (TPSA) is 63.6 Å². The number of rotatable bonds is 19. The Labute approximate surface area is 198 Å². The molecule has 4 unspecified atom stereocenters. The minimum atomic E-state index is -0.763. The van der Waals surface area contributed by atoms with Gasteiger partial charge in [0.1, 0.15) is 6.10 Å². The van der Waals surface area contributed by atoms with Crippen molar-refractivity contribution in [2.75, 3.05) is 0 Å². The number of aliphatic carboxylic acids is 1. The van der Waals surface area contributed by atoms with Crippen LogP contribution in [0.3, 0.4) is 0 Å². The zero-order valence-corrected chi connectivity index (χ0v) is 21.4. The second-order valence-electron chi connectivity index (χ2n) is 10.2. The Bertz CT molecular complexity index is 490. The summed E-state index contributed by atoms with van der Waals surface area (Å²) in [6.45, 7) is 6.71. The average Bonchev–Trinajstić information content (AvgIpc) is 2.79. The quantitative estimate of drug-likeness (QED) is 0.158. The molecule has 1 fully saturated rings. The van der Waals surface area contributed by atoms with Crippen molar-refractivity contribution in [1.29, 1.82) is 0 Å². The van der Waals surface area contributed by atoms with E-state index < -0.39 is 5.97 Å². The van der Waals surface area contributed by atoms with Gasteiger partial charge in [-0.25, -0.2) is 0 Å². The van der Waals surface area contributed by atoms with E-state index in [9.17, 15) is 14.7 Å². The van der Waals surface area contributed by atoms with Crippen LogP contribution in [-0.4, -0.2) is 23.1 Å². The highest BCUT2D eigenvalue weighted by Crippen LogP contribution is 2.32. The van der Waals surface area contributed by atoms with E-state index in [0.29, 0.717) is 18.8 Å². The molecule has 1 aliphatic rings. The predicted molar refractivity (Wildman–Crippen MR) is 133 cm³/mol. The van der Waals surface area contributed by atoms with Crippen molar-refractivity contribution < 1.29 is 19.4 Å². The number of carboxylic acids is 1. The summed E-state index contributed by atoms with van der Waals surface area (Å²) in [4.78, 5) is 24.5. The van der Waals surface area contributed by atoms with E-state index in [2.05, 4.69) is 20.8 Å². The molecule has 0 saturated heterocycles. The second kappa shape index (κ2) is 18.4. The lowest BCUT2D eigenvalue weighted by Crippen LogP contribution is -2.33. The van der Waals surface area contributed by atoms with Crippen molar-refractivity contribution in [3.63, 3.8) is 0 Å². The van der Waals surface area contributed by atoms with Gasteiger partial charge in [-0.2, -0.15) is 0 Å². The van der Waals surface area contributed by atoms with Crippen molar-refractivity contribution in [3.05, 3.63) is 0 Å². The van der Waals surface area contributed by atoms with Gasteiger partial charge in [0.2, 0.25) is 0 Å². The molecule has 4 atom stereocenters. The number of hydrogen-bond donors (Lipinski definition) is 1. The molecule has 0 aromatic carbocycles. The monoisotopic (exact) mass is 452 g/mol. The first-order valence-electron chi connectivity index (χ1n) is 14.0. The molecule has 4 heteroatoms. The minimum absolute atomic E-state index is 0.00426. The molecule has 0 aliphatic heterocycles. The van der Waals surface area contributed by atoms with Gasteiger partial charge >= 0.3 is 11.9 Å². The Balaban J connectivity index is 2.62. The van der Waals surface area contributed by atoms with Gasteiger partial charge in [-0.05, 0) is 50.9 Å². The molecular weight excluding hydrogens is 400 g/mol. The molecular formula is C28H52O4. The molecule has 188 valence electrons. The summed E-state index contributed by atoms with van der Waals surface area (Å²) >= 11 is 0. The van der Waals surface area contributed by atoms with E-state index in [0.717, 1.165) is 44.9 Å². The van der Waals surface area contributed by atoms with E-state index in [1.54, 1.807) is 0 Å². The minimum Gasteiger partial charge on any atom is -0.481 e. The van der Waals surface area contributed by atoms with Crippen LogP contribution in [0.5, 0.6) is 0 Å². The highest BCUT2D eigenvalue weighted by molar-refractivity contribution is 5.75. The molecule has 0 spiro atoms. The summed E-state index contributed by atoms with van der Waals surface area (Å²) in [7, 11) is 0. The zero-order valence-electron chi connectivity index (χ0n) is 21.4. The Hall–Kier alpha value is -1.06. The van der Waals surface area contributed by atoms with Gasteiger partial charge in [-0.1, -0.05) is 97.8 Å². The second-order valence-corrected chi connectivity index (χ2v) is 10.2. The number of hydrogen-bond acceptors (Lipinski definition) is 3. The average molecular weight is 453 g/mol. The largest absolute Gasteiger partial charge is 0.481 e. The third-order valence-electron chi connectivity index (χ3n) is 7.33. The molecule has 0 aromatic rings. The maximum atomic E-state index is 13.0. The van der Waals surface area contributed by atoms with Gasteiger partial charge in [0.05, 0.1) is 11.8 Å². The van der Waals surface area contributed by atoms with Crippen molar-refractivity contribution in [1.82, 2.24) is 0 Å². The number of unbranched alkanes of at least 4 members (excludes halogenated alkanes) is 9. The number of carboxylic acid groups (broad SMARTS) is 1. The summed E-state index contributed by atoms with van der Waals surface area (Å²) < 4.78 is 6.19. The molecule has 0 heterocycles. The smallest absolute Gasteiger partial charge is 0.309 e. The number of esters is 1. The standard InChI is InChI=1S/C28H52O4/c1-4-7-9-10-11-12-13-15-21-26(23(17-6-3)18-14-8-5-2)32-28(31)25-20-16-19-24(22-25)27(29)30/h23-26H,4-22H2,1-3H3,(H,29,30). The Morgan fingerprint density at radius 3 is 1.94 bits per heavy atom. The first-order valence-corrected chi connectivity index (χ1v) is 14.0. The van der Waals surface area contributed by atoms with Crippen molar-refractivity contribution in [2.45, 2.75) is 149 Å². The lowest BCUT2D eigenvalue weighted by Gasteiger charge is -2.31. The molecule has 32 heavy (non-hydrogen) atoms. The Kier molecular flexibility index (Phi) is 16.6. The first-order chi connectivity index (χ1) is 15.5. The van der Waals surface area contributed by atoms with E-state index in [-0.39, 0.29) is 23.9 Å². The molecule has 0 radical (unpaired) electrons. The summed E-state index contributed by atoms with van der Waals surface area (Å²) in [5.41, 5.74) is 0. The maximum Gasteiger partial charge on any atom is 0.309 e. The third kappa shape index (κ3) is 12.3. The molecule has 0 amide bonds. The fourth-order valence-electron chi connectivity index (χ4n) is 5.29. The van der Waals surface area contributed by atoms with Gasteiger partial charge in [-0.15, -0.1) is 0 Å². The van der Waals surface area contributed by atoms with Gasteiger partial charge in [0, 0.05) is 0 Å². The fraction of sp³-hybridized carbons (Fsp3) is 0.929. The van der Waals surface area contributed by atoms with Crippen LogP contribution in [-0.2, 0) is 14.3 Å². The van der Waals surface area contributed by atoms with Crippen LogP contribution >= 0.6 is 0 Å². The van der Waals surface area contributed by atoms with Crippen molar-refractivity contribution in [3.8, 4) is 0 Å².